The van der Waals surface area contributed by atoms with Gasteiger partial charge in [0.2, 0.25) is 0 Å². The van der Waals surface area contributed by atoms with Gasteiger partial charge in [0, 0.05) is 18.3 Å². The number of rotatable bonds is 3. The van der Waals surface area contributed by atoms with E-state index in [0.29, 0.717) is 0 Å². The lowest BCUT2D eigenvalue weighted by molar-refractivity contribution is 0.622. The molecule has 1 unspecified atom stereocenters. The Kier molecular flexibility index (Phi) is 4.79. The molecule has 0 radical (unpaired) electrons. The highest BCUT2D eigenvalue weighted by atomic mass is 19.1. The van der Waals surface area contributed by atoms with E-state index >= 15 is 0 Å². The van der Waals surface area contributed by atoms with E-state index < -0.39 is 0 Å². The Bertz CT molecular complexity index is 457. The number of pyridine rings is 1. The molecule has 1 aromatic carbocycles. The summed E-state index contributed by atoms with van der Waals surface area (Å²) < 4.78 is 13.2. The molecule has 0 aliphatic carbocycles. The molecular formula is C14H17FN2. The summed E-state index contributed by atoms with van der Waals surface area (Å²) in [6.45, 7) is 2.10. The summed E-state index contributed by atoms with van der Waals surface area (Å²) in [5, 5.41) is 0. The van der Waals surface area contributed by atoms with E-state index in [1.165, 1.54) is 6.07 Å². The minimum Gasteiger partial charge on any atom is -0.344 e. The number of aromatic nitrogens is 1. The Morgan fingerprint density at radius 2 is 1.94 bits per heavy atom. The van der Waals surface area contributed by atoms with E-state index in [1.54, 1.807) is 18.3 Å². The van der Waals surface area contributed by atoms with Gasteiger partial charge in [0.05, 0.1) is 0 Å². The number of hydrogen-bond donors (Lipinski definition) is 1. The summed E-state index contributed by atoms with van der Waals surface area (Å²) in [4.78, 5) is 4.11. The molecule has 90 valence electrons. The summed E-state index contributed by atoms with van der Waals surface area (Å²) >= 11 is 0. The van der Waals surface area contributed by atoms with Crippen LogP contribution in [0.2, 0.25) is 0 Å². The molecule has 17 heavy (non-hydrogen) atoms. The van der Waals surface area contributed by atoms with Crippen molar-refractivity contribution < 1.29 is 4.39 Å². The van der Waals surface area contributed by atoms with Crippen LogP contribution < -0.4 is 6.15 Å². The number of benzene rings is 1. The van der Waals surface area contributed by atoms with Gasteiger partial charge >= 0.3 is 0 Å². The van der Waals surface area contributed by atoms with Crippen LogP contribution in [0.3, 0.4) is 0 Å². The average molecular weight is 232 g/mol. The molecule has 0 fully saturated rings. The van der Waals surface area contributed by atoms with Crippen LogP contribution in [0, 0.1) is 5.82 Å². The first-order valence-electron chi connectivity index (χ1n) is 5.46. The molecule has 0 aliphatic heterocycles. The van der Waals surface area contributed by atoms with E-state index in [1.807, 2.05) is 24.4 Å². The summed E-state index contributed by atoms with van der Waals surface area (Å²) in [5.74, 6) is 0.0456. The molecular weight excluding hydrogens is 215 g/mol. The highest BCUT2D eigenvalue weighted by Crippen LogP contribution is 2.27. The Morgan fingerprint density at radius 1 is 1.18 bits per heavy atom. The van der Waals surface area contributed by atoms with Crippen LogP contribution in [0.1, 0.15) is 30.4 Å². The van der Waals surface area contributed by atoms with Crippen molar-refractivity contribution in [3.8, 4) is 0 Å². The molecule has 0 saturated heterocycles. The van der Waals surface area contributed by atoms with E-state index in [4.69, 9.17) is 0 Å². The Labute approximate surface area is 101 Å². The molecule has 1 atom stereocenters. The van der Waals surface area contributed by atoms with Gasteiger partial charge in [-0.05, 0) is 35.7 Å². The van der Waals surface area contributed by atoms with Crippen LogP contribution in [0.4, 0.5) is 4.39 Å². The molecule has 2 aromatic rings. The molecule has 2 nitrogen and oxygen atoms in total. The zero-order chi connectivity index (χ0) is 11.4. The SMILES string of the molecule is CCC(c1cccnc1)c1cccc(F)c1.N. The predicted octanol–water partition coefficient (Wildman–Crippen LogP) is 3.92. The molecule has 0 aliphatic rings. The van der Waals surface area contributed by atoms with Gasteiger partial charge in [0.15, 0.2) is 0 Å². The van der Waals surface area contributed by atoms with Gasteiger partial charge in [-0.3, -0.25) is 4.98 Å². The molecule has 1 aromatic heterocycles. The molecule has 0 amide bonds. The second-order valence-electron chi connectivity index (χ2n) is 3.80. The minimum absolute atomic E-state index is 0. The second kappa shape index (κ2) is 6.11. The lowest BCUT2D eigenvalue weighted by Crippen LogP contribution is -2.00. The topological polar surface area (TPSA) is 47.9 Å². The average Bonchev–Trinajstić information content (AvgIpc) is 2.31. The lowest BCUT2D eigenvalue weighted by Gasteiger charge is -2.15. The summed E-state index contributed by atoms with van der Waals surface area (Å²) in [5.41, 5.74) is 2.14. The molecule has 0 spiro atoms. The number of nitrogens with zero attached hydrogens (tertiary/aromatic N) is 1. The first-order valence-corrected chi connectivity index (χ1v) is 5.46. The highest BCUT2D eigenvalue weighted by Gasteiger charge is 2.12. The molecule has 2 rings (SSSR count). The van der Waals surface area contributed by atoms with Crippen LogP contribution in [0.25, 0.3) is 0 Å². The van der Waals surface area contributed by atoms with Crippen molar-refractivity contribution in [2.24, 2.45) is 0 Å². The predicted molar refractivity (Wildman–Crippen MR) is 67.8 cm³/mol. The van der Waals surface area contributed by atoms with Gasteiger partial charge in [-0.2, -0.15) is 0 Å². The van der Waals surface area contributed by atoms with Crippen molar-refractivity contribution in [1.82, 2.24) is 11.1 Å². The Morgan fingerprint density at radius 3 is 2.53 bits per heavy atom. The fourth-order valence-corrected chi connectivity index (χ4v) is 1.97. The molecule has 3 N–H and O–H groups in total. The van der Waals surface area contributed by atoms with Crippen LogP contribution in [0.5, 0.6) is 0 Å². The largest absolute Gasteiger partial charge is 0.344 e. The second-order valence-corrected chi connectivity index (χ2v) is 3.80. The van der Waals surface area contributed by atoms with Gasteiger partial charge in [0.25, 0.3) is 0 Å². The summed E-state index contributed by atoms with van der Waals surface area (Å²) in [7, 11) is 0. The molecule has 0 bridgehead atoms. The van der Waals surface area contributed by atoms with Crippen molar-refractivity contribution in [3.63, 3.8) is 0 Å². The van der Waals surface area contributed by atoms with E-state index in [-0.39, 0.29) is 17.9 Å². The standard InChI is InChI=1S/C14H14FN.H3N/c1-2-14(12-6-4-8-16-10-12)11-5-3-7-13(15)9-11;/h3-10,14H,2H2,1H3;1H3. The lowest BCUT2D eigenvalue weighted by atomic mass is 9.90. The van der Waals surface area contributed by atoms with Gasteiger partial charge in [-0.1, -0.05) is 25.1 Å². The van der Waals surface area contributed by atoms with E-state index in [0.717, 1.165) is 17.5 Å². The first-order chi connectivity index (χ1) is 7.81. The third-order valence-electron chi connectivity index (χ3n) is 2.75. The van der Waals surface area contributed by atoms with Crippen molar-refractivity contribution in [1.29, 1.82) is 0 Å². The summed E-state index contributed by atoms with van der Waals surface area (Å²) in [6.07, 6.45) is 4.54. The van der Waals surface area contributed by atoms with E-state index in [9.17, 15) is 4.39 Å². The van der Waals surface area contributed by atoms with Crippen molar-refractivity contribution >= 4 is 0 Å². The Balaban J connectivity index is 0.00000144. The normalized spacial score (nSPS) is 11.6. The zero-order valence-corrected chi connectivity index (χ0v) is 9.94. The van der Waals surface area contributed by atoms with Crippen LogP contribution in [-0.2, 0) is 0 Å². The van der Waals surface area contributed by atoms with Crippen molar-refractivity contribution in [2.45, 2.75) is 19.3 Å². The smallest absolute Gasteiger partial charge is 0.123 e. The first kappa shape index (κ1) is 13.3. The quantitative estimate of drug-likeness (QED) is 0.871. The third kappa shape index (κ3) is 3.11. The van der Waals surface area contributed by atoms with Crippen molar-refractivity contribution in [3.05, 3.63) is 65.7 Å². The van der Waals surface area contributed by atoms with E-state index in [2.05, 4.69) is 11.9 Å². The fourth-order valence-electron chi connectivity index (χ4n) is 1.97. The zero-order valence-electron chi connectivity index (χ0n) is 9.94. The van der Waals surface area contributed by atoms with Crippen LogP contribution in [-0.4, -0.2) is 4.98 Å². The summed E-state index contributed by atoms with van der Waals surface area (Å²) in [6, 6.07) is 10.7. The molecule has 0 saturated carbocycles. The van der Waals surface area contributed by atoms with Gasteiger partial charge < -0.3 is 6.15 Å². The maximum Gasteiger partial charge on any atom is 0.123 e. The van der Waals surface area contributed by atoms with Gasteiger partial charge in [-0.25, -0.2) is 4.39 Å². The molecule has 1 heterocycles. The van der Waals surface area contributed by atoms with Crippen LogP contribution in [0.15, 0.2) is 48.8 Å². The number of halogens is 1. The fraction of sp³-hybridized carbons (Fsp3) is 0.214. The Hall–Kier alpha value is -1.74. The van der Waals surface area contributed by atoms with Gasteiger partial charge in [0.1, 0.15) is 5.82 Å². The number of hydrogen-bond acceptors (Lipinski definition) is 2. The highest BCUT2D eigenvalue weighted by molar-refractivity contribution is 5.30. The minimum atomic E-state index is -0.181. The van der Waals surface area contributed by atoms with Crippen molar-refractivity contribution in [2.75, 3.05) is 0 Å². The maximum absolute atomic E-state index is 13.2. The third-order valence-corrected chi connectivity index (χ3v) is 2.75. The van der Waals surface area contributed by atoms with Crippen LogP contribution >= 0.6 is 0 Å². The molecule has 3 heteroatoms. The van der Waals surface area contributed by atoms with Gasteiger partial charge in [-0.15, -0.1) is 0 Å². The monoisotopic (exact) mass is 232 g/mol. The maximum atomic E-state index is 13.2.